The van der Waals surface area contributed by atoms with Crippen molar-refractivity contribution in [3.05, 3.63) is 30.1 Å². The highest BCUT2D eigenvalue weighted by Crippen LogP contribution is 2.48. The molecule has 236 valence electrons. The fraction of sp³-hybridized carbons (Fsp3) is 0.640. The van der Waals surface area contributed by atoms with Gasteiger partial charge in [0, 0.05) is 77.1 Å². The maximum absolute atomic E-state index is 12.6. The van der Waals surface area contributed by atoms with Crippen molar-refractivity contribution in [2.45, 2.75) is 57.2 Å². The molecular weight excluding hydrogens is 580 g/mol. The van der Waals surface area contributed by atoms with Crippen molar-refractivity contribution in [2.24, 2.45) is 5.41 Å². The molecule has 1 aromatic heterocycles. The van der Waals surface area contributed by atoms with Gasteiger partial charge in [-0.3, -0.25) is 14.7 Å². The highest BCUT2D eigenvalue weighted by atomic mass is 19.4. The van der Waals surface area contributed by atoms with Crippen molar-refractivity contribution in [2.75, 3.05) is 40.3 Å². The number of likely N-dealkylation sites (tertiary alicyclic amines) is 3. The summed E-state index contributed by atoms with van der Waals surface area (Å²) in [5.41, 5.74) is 1.17. The molecule has 0 bridgehead atoms. The Labute approximate surface area is 237 Å². The van der Waals surface area contributed by atoms with Gasteiger partial charge < -0.3 is 24.9 Å². The smallest absolute Gasteiger partial charge is 0.475 e. The van der Waals surface area contributed by atoms with E-state index in [9.17, 15) is 35.9 Å². The van der Waals surface area contributed by atoms with E-state index in [0.29, 0.717) is 6.04 Å². The summed E-state index contributed by atoms with van der Waals surface area (Å²) >= 11 is 0. The topological polar surface area (TPSA) is 135 Å². The SMILES string of the molecule is CC(=O)N1CC2(CCN(C(=O)N(C)C)C2)C2C1CCCN2Cc1cccnc1.O=C(O)C(F)(F)F.O=C(O)C(F)(F)F. The van der Waals surface area contributed by atoms with E-state index in [2.05, 4.69) is 20.9 Å². The molecule has 3 aliphatic rings. The van der Waals surface area contributed by atoms with E-state index >= 15 is 0 Å². The van der Waals surface area contributed by atoms with Gasteiger partial charge in [-0.1, -0.05) is 6.07 Å². The van der Waals surface area contributed by atoms with Crippen molar-refractivity contribution in [1.82, 2.24) is 24.6 Å². The molecule has 3 aliphatic heterocycles. The highest BCUT2D eigenvalue weighted by molar-refractivity contribution is 5.76. The molecule has 2 N–H and O–H groups in total. The molecule has 4 rings (SSSR count). The Bertz CT molecular complexity index is 1100. The molecule has 17 heteroatoms. The van der Waals surface area contributed by atoms with Crippen molar-refractivity contribution in [3.8, 4) is 0 Å². The molecule has 3 saturated heterocycles. The van der Waals surface area contributed by atoms with Crippen molar-refractivity contribution in [1.29, 1.82) is 0 Å². The predicted octanol–water partition coefficient (Wildman–Crippen LogP) is 2.92. The number of carbonyl (C=O) groups is 4. The number of halogens is 6. The highest BCUT2D eigenvalue weighted by Gasteiger charge is 2.59. The fourth-order valence-electron chi connectivity index (χ4n) is 5.68. The average molecular weight is 614 g/mol. The summed E-state index contributed by atoms with van der Waals surface area (Å²) < 4.78 is 63.5. The number of carboxylic acid groups (broad SMARTS) is 2. The van der Waals surface area contributed by atoms with Crippen LogP contribution in [0.1, 0.15) is 31.7 Å². The van der Waals surface area contributed by atoms with E-state index in [-0.39, 0.29) is 23.4 Å². The quantitative estimate of drug-likeness (QED) is 0.487. The lowest BCUT2D eigenvalue weighted by atomic mass is 9.76. The first-order chi connectivity index (χ1) is 19.3. The maximum Gasteiger partial charge on any atom is 0.490 e. The van der Waals surface area contributed by atoms with Gasteiger partial charge in [0.2, 0.25) is 5.91 Å². The van der Waals surface area contributed by atoms with Crippen molar-refractivity contribution < 1.29 is 55.7 Å². The van der Waals surface area contributed by atoms with Crippen LogP contribution in [0.4, 0.5) is 31.1 Å². The maximum atomic E-state index is 12.6. The number of hydrogen-bond donors (Lipinski definition) is 2. The number of alkyl halides is 6. The van der Waals surface area contributed by atoms with Crippen molar-refractivity contribution in [3.63, 3.8) is 0 Å². The second-order valence-electron chi connectivity index (χ2n) is 10.4. The van der Waals surface area contributed by atoms with Crippen LogP contribution in [0.2, 0.25) is 0 Å². The number of pyridine rings is 1. The summed E-state index contributed by atoms with van der Waals surface area (Å²) in [6.07, 6.45) is -3.32. The number of hydrogen-bond acceptors (Lipinski definition) is 6. The van der Waals surface area contributed by atoms with Gasteiger partial charge >= 0.3 is 30.3 Å². The number of amides is 3. The molecule has 3 unspecified atom stereocenters. The molecule has 0 saturated carbocycles. The first-order valence-corrected chi connectivity index (χ1v) is 12.8. The van der Waals surface area contributed by atoms with Crippen LogP contribution in [-0.4, -0.2) is 123 Å². The van der Waals surface area contributed by atoms with Gasteiger partial charge in [-0.05, 0) is 37.4 Å². The predicted molar refractivity (Wildman–Crippen MR) is 134 cm³/mol. The molecule has 3 fully saturated rings. The molecule has 0 radical (unpaired) electrons. The first-order valence-electron chi connectivity index (χ1n) is 12.8. The van der Waals surface area contributed by atoms with Gasteiger partial charge in [-0.15, -0.1) is 0 Å². The third-order valence-electron chi connectivity index (χ3n) is 7.25. The molecule has 3 amide bonds. The number of aliphatic carboxylic acids is 2. The number of carboxylic acids is 2. The zero-order valence-electron chi connectivity index (χ0n) is 23.2. The van der Waals surface area contributed by atoms with Gasteiger partial charge in [0.25, 0.3) is 0 Å². The van der Waals surface area contributed by atoms with Gasteiger partial charge in [0.05, 0.1) is 0 Å². The van der Waals surface area contributed by atoms with Crippen LogP contribution < -0.4 is 0 Å². The Balaban J connectivity index is 0.000000367. The molecule has 0 aliphatic carbocycles. The van der Waals surface area contributed by atoms with Crippen LogP contribution in [0.3, 0.4) is 0 Å². The summed E-state index contributed by atoms with van der Waals surface area (Å²) in [6.45, 7) is 5.84. The molecule has 42 heavy (non-hydrogen) atoms. The van der Waals surface area contributed by atoms with Crippen LogP contribution in [0.25, 0.3) is 0 Å². The number of aromatic nitrogens is 1. The van der Waals surface area contributed by atoms with E-state index in [1.807, 2.05) is 31.3 Å². The summed E-state index contributed by atoms with van der Waals surface area (Å²) in [5, 5.41) is 14.2. The lowest BCUT2D eigenvalue weighted by molar-refractivity contribution is -0.193. The van der Waals surface area contributed by atoms with Crippen LogP contribution in [0.15, 0.2) is 24.5 Å². The number of carbonyl (C=O) groups excluding carboxylic acids is 2. The molecule has 0 aromatic carbocycles. The summed E-state index contributed by atoms with van der Waals surface area (Å²) in [7, 11) is 3.62. The fourth-order valence-corrected chi connectivity index (χ4v) is 5.68. The first kappa shape index (κ1) is 34.6. The lowest BCUT2D eigenvalue weighted by Crippen LogP contribution is -2.55. The minimum absolute atomic E-state index is 0.0371. The standard InChI is InChI=1S/C21H31N5O2.2C2HF3O2/c1-16(27)26-15-21(8-11-25(14-21)20(28)23(2)3)19-18(26)7-5-10-24(19)13-17-6-4-9-22-12-17;2*3-2(4,5)1(6)7/h4,6,9,12,18-19H,5,7-8,10-11,13-15H2,1-3H3;2*(H,6,7). The summed E-state index contributed by atoms with van der Waals surface area (Å²) in [6, 6.07) is 4.72. The Morgan fingerprint density at radius 2 is 1.60 bits per heavy atom. The summed E-state index contributed by atoms with van der Waals surface area (Å²) in [5.74, 6) is -5.35. The molecule has 1 aromatic rings. The monoisotopic (exact) mass is 613 g/mol. The normalized spacial score (nSPS) is 23.7. The number of rotatable bonds is 2. The molecule has 4 heterocycles. The Kier molecular flexibility index (Phi) is 11.2. The van der Waals surface area contributed by atoms with Gasteiger partial charge in [-0.25, -0.2) is 14.4 Å². The van der Waals surface area contributed by atoms with Gasteiger partial charge in [0.15, 0.2) is 0 Å². The van der Waals surface area contributed by atoms with Crippen LogP contribution in [-0.2, 0) is 20.9 Å². The van der Waals surface area contributed by atoms with E-state index in [4.69, 9.17) is 19.8 Å². The minimum atomic E-state index is -5.08. The zero-order valence-corrected chi connectivity index (χ0v) is 23.2. The van der Waals surface area contributed by atoms with Crippen LogP contribution >= 0.6 is 0 Å². The third kappa shape index (κ3) is 8.69. The summed E-state index contributed by atoms with van der Waals surface area (Å²) in [4.78, 5) is 55.4. The zero-order chi connectivity index (χ0) is 32.0. The Morgan fingerprint density at radius 3 is 2.05 bits per heavy atom. The largest absolute Gasteiger partial charge is 0.490 e. The van der Waals surface area contributed by atoms with E-state index in [0.717, 1.165) is 52.0 Å². The van der Waals surface area contributed by atoms with E-state index < -0.39 is 24.3 Å². The Hall–Kier alpha value is -3.63. The third-order valence-corrected chi connectivity index (χ3v) is 7.25. The number of fused-ring (bicyclic) bond motifs is 2. The molecule has 11 nitrogen and oxygen atoms in total. The van der Waals surface area contributed by atoms with Crippen molar-refractivity contribution >= 4 is 23.9 Å². The number of piperidine rings is 1. The molecular formula is C25H33F6N5O6. The Morgan fingerprint density at radius 1 is 1.02 bits per heavy atom. The second-order valence-corrected chi connectivity index (χ2v) is 10.4. The number of nitrogens with zero attached hydrogens (tertiary/aromatic N) is 5. The average Bonchev–Trinajstić information content (AvgIpc) is 3.46. The van der Waals surface area contributed by atoms with Gasteiger partial charge in [0.1, 0.15) is 0 Å². The molecule has 3 atom stereocenters. The second kappa shape index (κ2) is 13.6. The minimum Gasteiger partial charge on any atom is -0.475 e. The van der Waals surface area contributed by atoms with E-state index in [1.54, 1.807) is 18.0 Å². The lowest BCUT2D eigenvalue weighted by Gasteiger charge is -2.44. The van der Waals surface area contributed by atoms with Crippen LogP contribution in [0.5, 0.6) is 0 Å². The molecule has 1 spiro atoms. The van der Waals surface area contributed by atoms with E-state index in [1.165, 1.54) is 5.56 Å². The number of urea groups is 1. The van der Waals surface area contributed by atoms with Gasteiger partial charge in [-0.2, -0.15) is 26.3 Å². The van der Waals surface area contributed by atoms with Crippen LogP contribution in [0, 0.1) is 5.41 Å².